The maximum atomic E-state index is 8.88. The molecule has 0 atom stereocenters. The Bertz CT molecular complexity index is 384. The van der Waals surface area contributed by atoms with Gasteiger partial charge in [-0.15, -0.1) is 0 Å². The van der Waals surface area contributed by atoms with E-state index < -0.39 is 0 Å². The number of nitrogens with zero attached hydrogens (tertiary/aromatic N) is 1. The molecular weight excluding hydrogens is 438 g/mol. The minimum Gasteiger partial charge on any atom is -1.00 e. The molecule has 0 aromatic heterocycles. The van der Waals surface area contributed by atoms with Gasteiger partial charge in [-0.05, 0) is 38.5 Å². The Morgan fingerprint density at radius 1 is 0.576 bits per heavy atom. The molecular formula is C27H56ClNO4. The first kappa shape index (κ1) is 35.0. The van der Waals surface area contributed by atoms with E-state index in [-0.39, 0.29) is 25.6 Å². The molecule has 0 aliphatic carbocycles. The van der Waals surface area contributed by atoms with Crippen molar-refractivity contribution in [2.24, 2.45) is 0 Å². The molecule has 0 aliphatic heterocycles. The molecule has 33 heavy (non-hydrogen) atoms. The molecule has 0 spiro atoms. The average molecular weight is 494 g/mol. The van der Waals surface area contributed by atoms with E-state index in [2.05, 4.69) is 26.1 Å². The van der Waals surface area contributed by atoms with Crippen molar-refractivity contribution >= 4 is 0 Å². The van der Waals surface area contributed by atoms with Gasteiger partial charge >= 0.3 is 0 Å². The molecule has 0 aromatic carbocycles. The van der Waals surface area contributed by atoms with Gasteiger partial charge in [-0.2, -0.15) is 0 Å². The Morgan fingerprint density at radius 2 is 1.00 bits per heavy atom. The normalized spacial score (nSPS) is 11.9. The van der Waals surface area contributed by atoms with Gasteiger partial charge in [-0.3, -0.25) is 0 Å². The summed E-state index contributed by atoms with van der Waals surface area (Å²) < 4.78 is 11.9. The number of hydrogen-bond donors (Lipinski definition) is 2. The molecule has 200 valence electrons. The molecule has 0 amide bonds. The van der Waals surface area contributed by atoms with Gasteiger partial charge in [0.05, 0.1) is 53.2 Å². The molecule has 0 heterocycles. The van der Waals surface area contributed by atoms with E-state index in [9.17, 15) is 0 Å². The van der Waals surface area contributed by atoms with Crippen LogP contribution in [0.2, 0.25) is 0 Å². The molecule has 0 unspecified atom stereocenters. The molecule has 0 fully saturated rings. The predicted octanol–water partition coefficient (Wildman–Crippen LogP) is 2.49. The highest BCUT2D eigenvalue weighted by molar-refractivity contribution is 4.81. The van der Waals surface area contributed by atoms with Crippen LogP contribution in [0.3, 0.4) is 0 Å². The molecule has 0 saturated heterocycles. The fraction of sp³-hybridized carbons (Fsp3) is 0.926. The lowest BCUT2D eigenvalue weighted by atomic mass is 10.1. The summed E-state index contributed by atoms with van der Waals surface area (Å²) in [6.45, 7) is 7.61. The number of hydrogen-bond acceptors (Lipinski definition) is 4. The van der Waals surface area contributed by atoms with Crippen LogP contribution in [0.5, 0.6) is 0 Å². The summed E-state index contributed by atoms with van der Waals surface area (Å²) in [6, 6.07) is 0. The lowest BCUT2D eigenvalue weighted by Crippen LogP contribution is -3.00. The maximum absolute atomic E-state index is 8.88. The highest BCUT2D eigenvalue weighted by Crippen LogP contribution is 2.12. The van der Waals surface area contributed by atoms with Crippen molar-refractivity contribution in [2.45, 2.75) is 96.8 Å². The van der Waals surface area contributed by atoms with E-state index in [0.29, 0.717) is 26.4 Å². The van der Waals surface area contributed by atoms with Gasteiger partial charge in [0, 0.05) is 0 Å². The zero-order chi connectivity index (χ0) is 23.6. The average Bonchev–Trinajstić information content (AvgIpc) is 2.79. The second-order valence-corrected chi connectivity index (χ2v) is 9.40. The summed E-state index contributed by atoms with van der Waals surface area (Å²) in [5, 5.41) is 17.8. The number of aliphatic hydroxyl groups is 2. The summed E-state index contributed by atoms with van der Waals surface area (Å²) in [5.41, 5.74) is 0. The van der Waals surface area contributed by atoms with Crippen molar-refractivity contribution < 1.29 is 36.6 Å². The van der Waals surface area contributed by atoms with Crippen molar-refractivity contribution in [3.05, 3.63) is 12.2 Å². The van der Waals surface area contributed by atoms with Crippen molar-refractivity contribution in [1.29, 1.82) is 0 Å². The Balaban J connectivity index is 0. The first-order valence-corrected chi connectivity index (χ1v) is 13.5. The Kier molecular flexibility index (Phi) is 29.8. The van der Waals surface area contributed by atoms with Crippen molar-refractivity contribution in [1.82, 2.24) is 0 Å². The van der Waals surface area contributed by atoms with Crippen LogP contribution in [-0.2, 0) is 9.47 Å². The first-order valence-electron chi connectivity index (χ1n) is 13.5. The monoisotopic (exact) mass is 493 g/mol. The molecule has 0 bridgehead atoms. The van der Waals surface area contributed by atoms with Crippen LogP contribution in [0.4, 0.5) is 0 Å². The molecule has 0 aliphatic rings. The minimum absolute atomic E-state index is 0. The standard InChI is InChI=1S/C27H56NO4.ClH/c1-3-4-5-6-7-8-9-10-11-12-13-14-15-16-17-18-19-28(2,20-24-31-26-22-29)21-25-32-27-23-30;/h10-11,29-30H,3-9,12-27H2,1-2H3;1H/q+1;/p-1/b11-10+;. The number of likely N-dealkylation sites (N-methyl/N-ethyl adjacent to an activating group) is 1. The number of halogens is 1. The second kappa shape index (κ2) is 28.1. The van der Waals surface area contributed by atoms with Gasteiger partial charge < -0.3 is 36.6 Å². The fourth-order valence-electron chi connectivity index (χ4n) is 3.98. The molecule has 5 nitrogen and oxygen atoms in total. The number of ether oxygens (including phenoxy) is 2. The number of quaternary nitrogens is 1. The van der Waals surface area contributed by atoms with Gasteiger partial charge in [0.1, 0.15) is 13.1 Å². The molecule has 0 radical (unpaired) electrons. The quantitative estimate of drug-likeness (QED) is 0.110. The minimum atomic E-state index is 0. The maximum Gasteiger partial charge on any atom is 0.102 e. The van der Waals surface area contributed by atoms with E-state index in [1.54, 1.807) is 0 Å². The molecule has 6 heteroatoms. The summed E-state index contributed by atoms with van der Waals surface area (Å²) in [6.07, 6.45) is 23.5. The van der Waals surface area contributed by atoms with E-state index >= 15 is 0 Å². The van der Waals surface area contributed by atoms with Gasteiger partial charge in [0.2, 0.25) is 0 Å². The Morgan fingerprint density at radius 3 is 1.45 bits per heavy atom. The van der Waals surface area contributed by atoms with Gasteiger partial charge in [0.15, 0.2) is 0 Å². The summed E-state index contributed by atoms with van der Waals surface area (Å²) in [4.78, 5) is 0. The zero-order valence-corrected chi connectivity index (χ0v) is 22.7. The van der Waals surface area contributed by atoms with Gasteiger partial charge in [-0.1, -0.05) is 70.4 Å². The first-order chi connectivity index (χ1) is 15.7. The van der Waals surface area contributed by atoms with E-state index in [1.165, 1.54) is 89.9 Å². The van der Waals surface area contributed by atoms with Gasteiger partial charge in [0.25, 0.3) is 0 Å². The number of allylic oxidation sites excluding steroid dienone is 2. The third kappa shape index (κ3) is 26.3. The lowest BCUT2D eigenvalue weighted by molar-refractivity contribution is -0.910. The molecule has 0 saturated carbocycles. The highest BCUT2D eigenvalue weighted by atomic mass is 35.5. The number of unbranched alkanes of at least 4 members (excludes halogenated alkanes) is 12. The van der Waals surface area contributed by atoms with Crippen LogP contribution >= 0.6 is 0 Å². The van der Waals surface area contributed by atoms with Crippen LogP contribution in [0.15, 0.2) is 12.2 Å². The number of rotatable bonds is 26. The predicted molar refractivity (Wildman–Crippen MR) is 136 cm³/mol. The summed E-state index contributed by atoms with van der Waals surface area (Å²) >= 11 is 0. The summed E-state index contributed by atoms with van der Waals surface area (Å²) in [7, 11) is 2.27. The molecule has 0 aromatic rings. The van der Waals surface area contributed by atoms with Crippen LogP contribution < -0.4 is 12.4 Å². The Labute approximate surface area is 211 Å². The van der Waals surface area contributed by atoms with Crippen LogP contribution in [0, 0.1) is 0 Å². The molecule has 0 rings (SSSR count). The smallest absolute Gasteiger partial charge is 0.102 e. The van der Waals surface area contributed by atoms with E-state index in [0.717, 1.165) is 24.1 Å². The van der Waals surface area contributed by atoms with Crippen LogP contribution in [0.1, 0.15) is 96.8 Å². The SMILES string of the molecule is CCCCCCCC/C=C/CCCCCCCC[N+](C)(CCOCCO)CCOCCO.[Cl-]. The van der Waals surface area contributed by atoms with Crippen molar-refractivity contribution in [2.75, 3.05) is 66.3 Å². The van der Waals surface area contributed by atoms with Gasteiger partial charge in [-0.25, -0.2) is 0 Å². The highest BCUT2D eigenvalue weighted by Gasteiger charge is 2.20. The fourth-order valence-corrected chi connectivity index (χ4v) is 3.98. The lowest BCUT2D eigenvalue weighted by Gasteiger charge is -2.34. The van der Waals surface area contributed by atoms with Crippen molar-refractivity contribution in [3.8, 4) is 0 Å². The van der Waals surface area contributed by atoms with E-state index in [4.69, 9.17) is 19.7 Å². The second-order valence-electron chi connectivity index (χ2n) is 9.40. The Hall–Kier alpha value is -0.170. The van der Waals surface area contributed by atoms with Crippen molar-refractivity contribution in [3.63, 3.8) is 0 Å². The largest absolute Gasteiger partial charge is 1.00 e. The number of aliphatic hydroxyl groups excluding tert-OH is 2. The third-order valence-electron chi connectivity index (χ3n) is 6.23. The summed E-state index contributed by atoms with van der Waals surface area (Å²) in [5.74, 6) is 0. The van der Waals surface area contributed by atoms with E-state index in [1.807, 2.05) is 0 Å². The van der Waals surface area contributed by atoms with Crippen LogP contribution in [-0.4, -0.2) is 81.0 Å². The topological polar surface area (TPSA) is 58.9 Å². The molecule has 2 N–H and O–H groups in total. The third-order valence-corrected chi connectivity index (χ3v) is 6.23. The zero-order valence-electron chi connectivity index (χ0n) is 22.0. The van der Waals surface area contributed by atoms with Crippen LogP contribution in [0.25, 0.3) is 0 Å².